The van der Waals surface area contributed by atoms with E-state index in [-0.39, 0.29) is 24.1 Å². The van der Waals surface area contributed by atoms with E-state index in [1.807, 2.05) is 32.0 Å². The topological polar surface area (TPSA) is 47.6 Å². The van der Waals surface area contributed by atoms with Gasteiger partial charge in [-0.2, -0.15) is 0 Å². The summed E-state index contributed by atoms with van der Waals surface area (Å²) in [6.07, 6.45) is 0.0966. The zero-order valence-electron chi connectivity index (χ0n) is 14.4. The summed E-state index contributed by atoms with van der Waals surface area (Å²) in [5, 5.41) is 2.92. The second-order valence-electron chi connectivity index (χ2n) is 5.68. The first-order valence-electron chi connectivity index (χ1n) is 7.71. The predicted molar refractivity (Wildman–Crippen MR) is 90.9 cm³/mol. The molecule has 0 radical (unpaired) electrons. The van der Waals surface area contributed by atoms with Gasteiger partial charge in [0.1, 0.15) is 5.75 Å². The molecule has 24 heavy (non-hydrogen) atoms. The fourth-order valence-corrected chi connectivity index (χ4v) is 2.57. The first-order chi connectivity index (χ1) is 11.4. The molecule has 2 aromatic carbocycles. The van der Waals surface area contributed by atoms with Crippen LogP contribution in [0.4, 0.5) is 4.39 Å². The number of halogens is 1. The van der Waals surface area contributed by atoms with E-state index in [1.54, 1.807) is 13.2 Å². The molecular formula is C19H22FNO3. The summed E-state index contributed by atoms with van der Waals surface area (Å²) in [6.45, 7) is 3.88. The maximum atomic E-state index is 13.7. The van der Waals surface area contributed by atoms with Crippen LogP contribution < -0.4 is 14.8 Å². The molecule has 0 heterocycles. The van der Waals surface area contributed by atoms with Crippen LogP contribution in [0.3, 0.4) is 0 Å². The molecule has 2 aromatic rings. The lowest BCUT2D eigenvalue weighted by molar-refractivity contribution is -0.121. The van der Waals surface area contributed by atoms with Crippen LogP contribution in [-0.2, 0) is 11.2 Å². The number of aryl methyl sites for hydroxylation is 1. The normalized spacial score (nSPS) is 11.7. The van der Waals surface area contributed by atoms with Crippen LogP contribution >= 0.6 is 0 Å². The van der Waals surface area contributed by atoms with Crippen LogP contribution in [-0.4, -0.2) is 20.1 Å². The second-order valence-corrected chi connectivity index (χ2v) is 5.68. The highest BCUT2D eigenvalue weighted by molar-refractivity contribution is 5.79. The number of amides is 1. The lowest BCUT2D eigenvalue weighted by atomic mass is 10.0. The van der Waals surface area contributed by atoms with Gasteiger partial charge in [0.15, 0.2) is 11.6 Å². The van der Waals surface area contributed by atoms with E-state index < -0.39 is 5.82 Å². The lowest BCUT2D eigenvalue weighted by Crippen LogP contribution is -2.28. The van der Waals surface area contributed by atoms with E-state index in [9.17, 15) is 9.18 Å². The van der Waals surface area contributed by atoms with Crippen LogP contribution in [0.5, 0.6) is 11.5 Å². The Morgan fingerprint density at radius 1 is 1.12 bits per heavy atom. The number of hydrogen-bond donors (Lipinski definition) is 1. The summed E-state index contributed by atoms with van der Waals surface area (Å²) in [4.78, 5) is 12.2. The number of carbonyl (C=O) groups excluding carboxylic acids is 1. The van der Waals surface area contributed by atoms with Gasteiger partial charge in [0.05, 0.1) is 26.7 Å². The van der Waals surface area contributed by atoms with Crippen LogP contribution in [0.15, 0.2) is 36.4 Å². The minimum atomic E-state index is -0.476. The monoisotopic (exact) mass is 331 g/mol. The molecule has 0 spiro atoms. The first-order valence-corrected chi connectivity index (χ1v) is 7.71. The summed E-state index contributed by atoms with van der Waals surface area (Å²) >= 11 is 0. The number of rotatable bonds is 6. The van der Waals surface area contributed by atoms with Gasteiger partial charge >= 0.3 is 0 Å². The molecular weight excluding hydrogens is 309 g/mol. The fraction of sp³-hybridized carbons (Fsp3) is 0.316. The molecule has 0 aliphatic heterocycles. The fourth-order valence-electron chi connectivity index (χ4n) is 2.57. The van der Waals surface area contributed by atoms with Crippen molar-refractivity contribution in [1.29, 1.82) is 0 Å². The molecule has 0 unspecified atom stereocenters. The number of carbonyl (C=O) groups is 1. The Labute approximate surface area is 141 Å². The molecule has 5 heteroatoms. The minimum absolute atomic E-state index is 0.0966. The third kappa shape index (κ3) is 4.25. The number of hydrogen-bond acceptors (Lipinski definition) is 3. The van der Waals surface area contributed by atoms with E-state index >= 15 is 0 Å². The van der Waals surface area contributed by atoms with Gasteiger partial charge < -0.3 is 14.8 Å². The molecule has 0 fully saturated rings. The van der Waals surface area contributed by atoms with Crippen LogP contribution in [0.2, 0.25) is 0 Å². The summed E-state index contributed by atoms with van der Waals surface area (Å²) in [5.74, 6) is 0.229. The number of nitrogens with one attached hydrogen (secondary N) is 1. The van der Waals surface area contributed by atoms with Crippen LogP contribution in [0.25, 0.3) is 0 Å². The number of methoxy groups -OCH3 is 2. The summed E-state index contributed by atoms with van der Waals surface area (Å²) in [7, 11) is 3.00. The van der Waals surface area contributed by atoms with Crippen molar-refractivity contribution in [3.05, 3.63) is 58.9 Å². The van der Waals surface area contributed by atoms with Gasteiger partial charge in [-0.25, -0.2) is 4.39 Å². The molecule has 1 atom stereocenters. The minimum Gasteiger partial charge on any atom is -0.496 e. The predicted octanol–water partition coefficient (Wildman–Crippen LogP) is 3.57. The molecule has 2 rings (SSSR count). The first kappa shape index (κ1) is 17.8. The van der Waals surface area contributed by atoms with Crippen LogP contribution in [0, 0.1) is 12.7 Å². The Morgan fingerprint density at radius 3 is 2.42 bits per heavy atom. The third-order valence-corrected chi connectivity index (χ3v) is 3.81. The average Bonchev–Trinajstić information content (AvgIpc) is 2.54. The number of ether oxygens (including phenoxy) is 2. The smallest absolute Gasteiger partial charge is 0.224 e. The van der Waals surface area contributed by atoms with Gasteiger partial charge in [0, 0.05) is 5.56 Å². The molecule has 1 N–H and O–H groups in total. The molecule has 128 valence electrons. The van der Waals surface area contributed by atoms with Crippen molar-refractivity contribution in [1.82, 2.24) is 5.32 Å². The van der Waals surface area contributed by atoms with Gasteiger partial charge in [-0.05, 0) is 37.6 Å². The van der Waals surface area contributed by atoms with Crippen molar-refractivity contribution >= 4 is 5.91 Å². The maximum Gasteiger partial charge on any atom is 0.224 e. The third-order valence-electron chi connectivity index (χ3n) is 3.81. The Hall–Kier alpha value is -2.56. The Kier molecular flexibility index (Phi) is 5.79. The largest absolute Gasteiger partial charge is 0.496 e. The van der Waals surface area contributed by atoms with Gasteiger partial charge in [0.25, 0.3) is 0 Å². The molecule has 0 aromatic heterocycles. The SMILES string of the molecule is COc1ccc(CC(=O)N[C@@H](C)c2cc(C)ccc2OC)cc1F. The van der Waals surface area contributed by atoms with E-state index in [0.717, 1.165) is 16.9 Å². The van der Waals surface area contributed by atoms with E-state index in [4.69, 9.17) is 9.47 Å². The Morgan fingerprint density at radius 2 is 1.79 bits per heavy atom. The van der Waals surface area contributed by atoms with E-state index in [0.29, 0.717) is 5.56 Å². The molecule has 0 saturated carbocycles. The zero-order valence-corrected chi connectivity index (χ0v) is 14.4. The van der Waals surface area contributed by atoms with Crippen molar-refractivity contribution in [2.75, 3.05) is 14.2 Å². The second kappa shape index (κ2) is 7.81. The Balaban J connectivity index is 2.07. The quantitative estimate of drug-likeness (QED) is 0.880. The van der Waals surface area contributed by atoms with Crippen LogP contribution in [0.1, 0.15) is 29.7 Å². The summed E-state index contributed by atoms with van der Waals surface area (Å²) in [5.41, 5.74) is 2.59. The summed E-state index contributed by atoms with van der Waals surface area (Å²) in [6, 6.07) is 10.1. The van der Waals surface area contributed by atoms with Gasteiger partial charge in [-0.1, -0.05) is 23.8 Å². The molecule has 1 amide bonds. The molecule has 0 aliphatic carbocycles. The van der Waals surface area contributed by atoms with Crippen molar-refractivity contribution in [3.8, 4) is 11.5 Å². The van der Waals surface area contributed by atoms with Crippen molar-refractivity contribution in [2.24, 2.45) is 0 Å². The maximum absolute atomic E-state index is 13.7. The standard InChI is InChI=1S/C19H22FNO3/c1-12-5-7-17(23-3)15(9-12)13(2)21-19(22)11-14-6-8-18(24-4)16(20)10-14/h5-10,13H,11H2,1-4H3,(H,21,22)/t13-/m0/s1. The van der Waals surface area contributed by atoms with Gasteiger partial charge in [-0.3, -0.25) is 4.79 Å². The van der Waals surface area contributed by atoms with Gasteiger partial charge in [0.2, 0.25) is 5.91 Å². The highest BCUT2D eigenvalue weighted by Gasteiger charge is 2.15. The highest BCUT2D eigenvalue weighted by Crippen LogP contribution is 2.26. The average molecular weight is 331 g/mol. The molecule has 0 bridgehead atoms. The lowest BCUT2D eigenvalue weighted by Gasteiger charge is -2.18. The molecule has 0 aliphatic rings. The highest BCUT2D eigenvalue weighted by atomic mass is 19.1. The summed E-state index contributed by atoms with van der Waals surface area (Å²) < 4.78 is 23.9. The van der Waals surface area contributed by atoms with E-state index in [1.165, 1.54) is 19.2 Å². The molecule has 0 saturated heterocycles. The number of benzene rings is 2. The van der Waals surface area contributed by atoms with Gasteiger partial charge in [-0.15, -0.1) is 0 Å². The van der Waals surface area contributed by atoms with E-state index in [2.05, 4.69) is 5.32 Å². The van der Waals surface area contributed by atoms with Crippen molar-refractivity contribution < 1.29 is 18.7 Å². The molecule has 4 nitrogen and oxygen atoms in total. The van der Waals surface area contributed by atoms with Crippen molar-refractivity contribution in [3.63, 3.8) is 0 Å². The zero-order chi connectivity index (χ0) is 17.7. The van der Waals surface area contributed by atoms with Crippen molar-refractivity contribution in [2.45, 2.75) is 26.3 Å². The Bertz CT molecular complexity index is 731.